The molecule has 1 aromatic heterocycles. The van der Waals surface area contributed by atoms with Gasteiger partial charge in [-0.25, -0.2) is 0 Å². The highest BCUT2D eigenvalue weighted by atomic mass is 16.5. The van der Waals surface area contributed by atoms with Gasteiger partial charge in [0, 0.05) is 12.5 Å². The lowest BCUT2D eigenvalue weighted by molar-refractivity contribution is 0.240. The molecule has 1 heterocycles. The van der Waals surface area contributed by atoms with E-state index >= 15 is 0 Å². The zero-order valence-electron chi connectivity index (χ0n) is 12.1. The van der Waals surface area contributed by atoms with Gasteiger partial charge in [-0.05, 0) is 31.2 Å². The maximum absolute atomic E-state index is 11.6. The molecule has 2 rings (SSSR count). The zero-order chi connectivity index (χ0) is 15.1. The molecule has 2 aromatic rings. The smallest absolute Gasteiger partial charge is 0.226 e. The standard InChI is InChI=1S/C16H18O5/c1-12-16(15(17)8-11-19-12)21-10-3-9-20-14-6-4-13(18-2)5-7-14/h4-8,11H,3,9-10H2,1-2H3. The van der Waals surface area contributed by atoms with E-state index in [2.05, 4.69) is 0 Å². The van der Waals surface area contributed by atoms with Gasteiger partial charge >= 0.3 is 0 Å². The third-order valence-corrected chi connectivity index (χ3v) is 2.87. The van der Waals surface area contributed by atoms with Crippen molar-refractivity contribution in [1.82, 2.24) is 0 Å². The number of hydrogen-bond donors (Lipinski definition) is 0. The molecule has 0 aliphatic heterocycles. The monoisotopic (exact) mass is 290 g/mol. The van der Waals surface area contributed by atoms with E-state index < -0.39 is 0 Å². The van der Waals surface area contributed by atoms with Crippen LogP contribution in [0.4, 0.5) is 0 Å². The summed E-state index contributed by atoms with van der Waals surface area (Å²) in [5, 5.41) is 0. The molecule has 0 amide bonds. The minimum absolute atomic E-state index is 0.171. The highest BCUT2D eigenvalue weighted by molar-refractivity contribution is 5.31. The highest BCUT2D eigenvalue weighted by Gasteiger charge is 2.05. The summed E-state index contributed by atoms with van der Waals surface area (Å²) in [6.45, 7) is 2.60. The number of hydrogen-bond acceptors (Lipinski definition) is 5. The lowest BCUT2D eigenvalue weighted by Crippen LogP contribution is -2.11. The van der Waals surface area contributed by atoms with E-state index in [0.29, 0.717) is 25.4 Å². The van der Waals surface area contributed by atoms with Gasteiger partial charge in [0.15, 0.2) is 0 Å². The van der Waals surface area contributed by atoms with Crippen molar-refractivity contribution < 1.29 is 18.6 Å². The first-order valence-electron chi connectivity index (χ1n) is 6.69. The molecule has 21 heavy (non-hydrogen) atoms. The van der Waals surface area contributed by atoms with Crippen LogP contribution in [-0.4, -0.2) is 20.3 Å². The molecule has 5 nitrogen and oxygen atoms in total. The highest BCUT2D eigenvalue weighted by Crippen LogP contribution is 2.17. The Bertz CT molecular complexity index is 615. The van der Waals surface area contributed by atoms with E-state index in [1.165, 1.54) is 12.3 Å². The van der Waals surface area contributed by atoms with Crippen molar-refractivity contribution >= 4 is 0 Å². The fourth-order valence-corrected chi connectivity index (χ4v) is 1.77. The molecule has 0 atom stereocenters. The predicted octanol–water partition coefficient (Wildman–Crippen LogP) is 2.80. The van der Waals surface area contributed by atoms with Gasteiger partial charge in [-0.3, -0.25) is 4.79 Å². The third-order valence-electron chi connectivity index (χ3n) is 2.87. The van der Waals surface area contributed by atoms with Crippen molar-refractivity contribution in [2.45, 2.75) is 13.3 Å². The van der Waals surface area contributed by atoms with Crippen molar-refractivity contribution in [3.8, 4) is 17.2 Å². The fourth-order valence-electron chi connectivity index (χ4n) is 1.77. The van der Waals surface area contributed by atoms with Crippen LogP contribution in [0.1, 0.15) is 12.2 Å². The molecule has 112 valence electrons. The van der Waals surface area contributed by atoms with Crippen LogP contribution >= 0.6 is 0 Å². The molecule has 0 unspecified atom stereocenters. The average molecular weight is 290 g/mol. The fraction of sp³-hybridized carbons (Fsp3) is 0.312. The molecule has 0 spiro atoms. The summed E-state index contributed by atoms with van der Waals surface area (Å²) in [5.41, 5.74) is -0.171. The van der Waals surface area contributed by atoms with Crippen molar-refractivity contribution in [3.63, 3.8) is 0 Å². The van der Waals surface area contributed by atoms with Crippen molar-refractivity contribution in [1.29, 1.82) is 0 Å². The molecule has 0 aliphatic rings. The first-order valence-corrected chi connectivity index (χ1v) is 6.69. The summed E-state index contributed by atoms with van der Waals surface area (Å²) in [5.74, 6) is 2.31. The Labute approximate surface area is 123 Å². The molecule has 0 N–H and O–H groups in total. The van der Waals surface area contributed by atoms with Crippen LogP contribution in [0.2, 0.25) is 0 Å². The average Bonchev–Trinajstić information content (AvgIpc) is 2.50. The molecular formula is C16H18O5. The van der Waals surface area contributed by atoms with E-state index in [1.54, 1.807) is 14.0 Å². The van der Waals surface area contributed by atoms with E-state index in [-0.39, 0.29) is 11.2 Å². The van der Waals surface area contributed by atoms with Gasteiger partial charge in [-0.15, -0.1) is 0 Å². The molecule has 0 saturated carbocycles. The van der Waals surface area contributed by atoms with Crippen LogP contribution in [0, 0.1) is 6.92 Å². The van der Waals surface area contributed by atoms with Gasteiger partial charge in [-0.2, -0.15) is 0 Å². The molecular weight excluding hydrogens is 272 g/mol. The molecule has 0 fully saturated rings. The molecule has 0 bridgehead atoms. The topological polar surface area (TPSA) is 57.9 Å². The van der Waals surface area contributed by atoms with Crippen LogP contribution in [0.5, 0.6) is 17.2 Å². The van der Waals surface area contributed by atoms with E-state index in [0.717, 1.165) is 11.5 Å². The SMILES string of the molecule is COc1ccc(OCCCOc2c(C)occc2=O)cc1. The van der Waals surface area contributed by atoms with Gasteiger partial charge in [0.25, 0.3) is 0 Å². The third kappa shape index (κ3) is 4.27. The zero-order valence-corrected chi connectivity index (χ0v) is 12.1. The second-order valence-electron chi connectivity index (χ2n) is 4.40. The van der Waals surface area contributed by atoms with Gasteiger partial charge in [0.05, 0.1) is 26.6 Å². The van der Waals surface area contributed by atoms with Crippen LogP contribution < -0.4 is 19.6 Å². The Morgan fingerprint density at radius 3 is 2.33 bits per heavy atom. The number of ether oxygens (including phenoxy) is 3. The molecule has 0 radical (unpaired) electrons. The van der Waals surface area contributed by atoms with E-state index in [1.807, 2.05) is 24.3 Å². The number of methoxy groups -OCH3 is 1. The largest absolute Gasteiger partial charge is 0.497 e. The summed E-state index contributed by atoms with van der Waals surface area (Å²) in [6, 6.07) is 8.70. The Kier molecular flexibility index (Phi) is 5.26. The van der Waals surface area contributed by atoms with Crippen molar-refractivity contribution in [2.75, 3.05) is 20.3 Å². The molecule has 5 heteroatoms. The summed E-state index contributed by atoms with van der Waals surface area (Å²) in [6.07, 6.45) is 2.02. The number of rotatable bonds is 7. The van der Waals surface area contributed by atoms with Crippen LogP contribution in [0.25, 0.3) is 0 Å². The number of benzene rings is 1. The maximum Gasteiger partial charge on any atom is 0.226 e. The first kappa shape index (κ1) is 15.0. The summed E-state index contributed by atoms with van der Waals surface area (Å²) < 4.78 is 21.2. The lowest BCUT2D eigenvalue weighted by atomic mass is 10.3. The van der Waals surface area contributed by atoms with Crippen LogP contribution in [-0.2, 0) is 0 Å². The quantitative estimate of drug-likeness (QED) is 0.734. The van der Waals surface area contributed by atoms with Crippen LogP contribution in [0.3, 0.4) is 0 Å². The van der Waals surface area contributed by atoms with Gasteiger partial charge in [-0.1, -0.05) is 0 Å². The van der Waals surface area contributed by atoms with Gasteiger partial charge in [0.1, 0.15) is 17.3 Å². The summed E-state index contributed by atoms with van der Waals surface area (Å²) in [4.78, 5) is 11.6. The second kappa shape index (κ2) is 7.38. The summed E-state index contributed by atoms with van der Waals surface area (Å²) in [7, 11) is 1.62. The Morgan fingerprint density at radius 2 is 1.67 bits per heavy atom. The second-order valence-corrected chi connectivity index (χ2v) is 4.40. The Balaban J connectivity index is 1.73. The normalized spacial score (nSPS) is 10.2. The number of aryl methyl sites for hydroxylation is 1. The minimum atomic E-state index is -0.171. The van der Waals surface area contributed by atoms with Crippen LogP contribution in [0.15, 0.2) is 45.8 Å². The Morgan fingerprint density at radius 1 is 1.00 bits per heavy atom. The Hall–Kier alpha value is -2.43. The van der Waals surface area contributed by atoms with Crippen molar-refractivity contribution in [3.05, 3.63) is 52.6 Å². The maximum atomic E-state index is 11.6. The van der Waals surface area contributed by atoms with Gasteiger partial charge < -0.3 is 18.6 Å². The van der Waals surface area contributed by atoms with Crippen molar-refractivity contribution in [2.24, 2.45) is 0 Å². The molecule has 0 aliphatic carbocycles. The first-order chi connectivity index (χ1) is 10.2. The molecule has 0 saturated heterocycles. The van der Waals surface area contributed by atoms with E-state index in [9.17, 15) is 4.79 Å². The lowest BCUT2D eigenvalue weighted by Gasteiger charge is -2.09. The summed E-state index contributed by atoms with van der Waals surface area (Å²) >= 11 is 0. The van der Waals surface area contributed by atoms with E-state index in [4.69, 9.17) is 18.6 Å². The predicted molar refractivity (Wildman–Crippen MR) is 78.3 cm³/mol. The van der Waals surface area contributed by atoms with Gasteiger partial charge in [0.2, 0.25) is 11.2 Å². The molecule has 1 aromatic carbocycles. The minimum Gasteiger partial charge on any atom is -0.497 e.